The number of primary amides is 1. The molecule has 4 rings (SSSR count). The highest BCUT2D eigenvalue weighted by molar-refractivity contribution is 6.28. The molecule has 0 saturated carbocycles. The Kier molecular flexibility index (Phi) is 7.41. The second kappa shape index (κ2) is 10.8. The van der Waals surface area contributed by atoms with E-state index in [-0.39, 0.29) is 24.3 Å². The third-order valence-electron chi connectivity index (χ3n) is 5.36. The number of imidazole rings is 1. The number of unbranched alkanes of at least 4 members (excludes halogenated alkanes) is 1. The minimum absolute atomic E-state index is 0.0689. The quantitative estimate of drug-likeness (QED) is 0.238. The molecule has 4 aromatic rings. The summed E-state index contributed by atoms with van der Waals surface area (Å²) >= 11 is 5.88. The Labute approximate surface area is 206 Å². The van der Waals surface area contributed by atoms with Gasteiger partial charge in [-0.1, -0.05) is 36.4 Å². The van der Waals surface area contributed by atoms with Crippen molar-refractivity contribution in [3.63, 3.8) is 0 Å². The highest BCUT2D eigenvalue weighted by atomic mass is 35.5. The summed E-state index contributed by atoms with van der Waals surface area (Å²) in [5.41, 5.74) is 15.3. The molecule has 0 fully saturated rings. The number of rotatable bonds is 9. The topological polar surface area (TPSA) is 151 Å². The van der Waals surface area contributed by atoms with E-state index in [1.807, 2.05) is 41.0 Å². The second-order valence-electron chi connectivity index (χ2n) is 7.79. The van der Waals surface area contributed by atoms with Crippen molar-refractivity contribution >= 4 is 40.6 Å². The van der Waals surface area contributed by atoms with Crippen LogP contribution in [0.1, 0.15) is 28.8 Å². The molecule has 2 aromatic carbocycles. The van der Waals surface area contributed by atoms with Crippen LogP contribution in [-0.4, -0.2) is 38.1 Å². The second-order valence-corrected chi connectivity index (χ2v) is 8.13. The van der Waals surface area contributed by atoms with Gasteiger partial charge in [-0.15, -0.1) is 0 Å². The molecular formula is C24H24ClN7O3. The van der Waals surface area contributed by atoms with Crippen LogP contribution in [0.3, 0.4) is 0 Å². The lowest BCUT2D eigenvalue weighted by Crippen LogP contribution is -2.24. The molecule has 0 saturated heterocycles. The van der Waals surface area contributed by atoms with Crippen LogP contribution in [0.2, 0.25) is 5.28 Å². The number of amides is 2. The standard InChI is InChI=1S/C24H24ClN7O3/c25-23-30-20(26)19-22(31-23)32(14-29-19)10-3-4-11-35-24(34)28-13-15-6-5-7-16(12-15)17-8-1-2-9-18(17)21(27)33/h1-2,5-9,12,14H,3-4,10-11,13H2,(H2,27,33)(H,28,34)(H2,26,30,31). The fourth-order valence-electron chi connectivity index (χ4n) is 3.67. The number of fused-ring (bicyclic) bond motifs is 1. The Morgan fingerprint density at radius 1 is 1.09 bits per heavy atom. The number of halogens is 1. The molecule has 2 heterocycles. The average Bonchev–Trinajstić information content (AvgIpc) is 3.25. The van der Waals surface area contributed by atoms with Gasteiger partial charge in [-0.25, -0.2) is 9.78 Å². The van der Waals surface area contributed by atoms with Crippen LogP contribution in [0.5, 0.6) is 0 Å². The number of nitrogens with one attached hydrogen (secondary N) is 1. The lowest BCUT2D eigenvalue weighted by atomic mass is 9.98. The molecular weight excluding hydrogens is 470 g/mol. The van der Waals surface area contributed by atoms with Gasteiger partial charge in [0.15, 0.2) is 11.5 Å². The van der Waals surface area contributed by atoms with E-state index in [4.69, 9.17) is 27.8 Å². The number of alkyl carbamates (subject to hydrolysis) is 1. The molecule has 0 aliphatic carbocycles. The number of aryl methyl sites for hydroxylation is 1. The van der Waals surface area contributed by atoms with Crippen LogP contribution < -0.4 is 16.8 Å². The number of benzene rings is 2. The van der Waals surface area contributed by atoms with Gasteiger partial charge < -0.3 is 26.1 Å². The average molecular weight is 494 g/mol. The predicted molar refractivity (Wildman–Crippen MR) is 133 cm³/mol. The highest BCUT2D eigenvalue weighted by Gasteiger charge is 2.11. The zero-order valence-corrected chi connectivity index (χ0v) is 19.5. The molecule has 2 aromatic heterocycles. The number of nitrogens with two attached hydrogens (primary N) is 2. The van der Waals surface area contributed by atoms with E-state index in [2.05, 4.69) is 20.3 Å². The van der Waals surface area contributed by atoms with Crippen molar-refractivity contribution in [1.29, 1.82) is 0 Å². The summed E-state index contributed by atoms with van der Waals surface area (Å²) in [5.74, 6) is -0.253. The van der Waals surface area contributed by atoms with E-state index >= 15 is 0 Å². The van der Waals surface area contributed by atoms with E-state index in [1.165, 1.54) is 0 Å². The number of hydrogen-bond acceptors (Lipinski definition) is 7. The molecule has 0 radical (unpaired) electrons. The summed E-state index contributed by atoms with van der Waals surface area (Å²) < 4.78 is 7.11. The number of hydrogen-bond donors (Lipinski definition) is 3. The first-order valence-electron chi connectivity index (χ1n) is 10.9. The number of nitrogens with zero attached hydrogens (tertiary/aromatic N) is 4. The maximum atomic E-state index is 12.1. The Morgan fingerprint density at radius 2 is 1.91 bits per heavy atom. The van der Waals surface area contributed by atoms with Crippen LogP contribution >= 0.6 is 11.6 Å². The first kappa shape index (κ1) is 24.0. The van der Waals surface area contributed by atoms with E-state index < -0.39 is 12.0 Å². The number of ether oxygens (including phenoxy) is 1. The molecule has 0 atom stereocenters. The summed E-state index contributed by atoms with van der Waals surface area (Å²) in [4.78, 5) is 36.1. The molecule has 11 heteroatoms. The van der Waals surface area contributed by atoms with E-state index in [0.29, 0.717) is 29.7 Å². The van der Waals surface area contributed by atoms with Gasteiger partial charge in [0.05, 0.1) is 12.9 Å². The van der Waals surface area contributed by atoms with Gasteiger partial charge in [0, 0.05) is 18.7 Å². The predicted octanol–water partition coefficient (Wildman–Crippen LogP) is 3.53. The van der Waals surface area contributed by atoms with Crippen molar-refractivity contribution in [2.24, 2.45) is 5.73 Å². The van der Waals surface area contributed by atoms with Gasteiger partial charge in [0.1, 0.15) is 5.52 Å². The van der Waals surface area contributed by atoms with Crippen molar-refractivity contribution in [2.75, 3.05) is 12.3 Å². The molecule has 0 aliphatic rings. The summed E-state index contributed by atoms with van der Waals surface area (Å²) in [5, 5.41) is 2.81. The molecule has 180 valence electrons. The van der Waals surface area contributed by atoms with Gasteiger partial charge in [0.2, 0.25) is 11.2 Å². The fraction of sp³-hybridized carbons (Fsp3) is 0.208. The normalized spacial score (nSPS) is 10.9. The van der Waals surface area contributed by atoms with Crippen molar-refractivity contribution in [3.8, 4) is 11.1 Å². The van der Waals surface area contributed by atoms with Crippen LogP contribution in [-0.2, 0) is 17.8 Å². The third kappa shape index (κ3) is 5.85. The minimum Gasteiger partial charge on any atom is -0.450 e. The third-order valence-corrected chi connectivity index (χ3v) is 5.53. The van der Waals surface area contributed by atoms with Gasteiger partial charge >= 0.3 is 6.09 Å². The van der Waals surface area contributed by atoms with Gasteiger partial charge in [0.25, 0.3) is 0 Å². The Balaban J connectivity index is 1.23. The maximum absolute atomic E-state index is 12.1. The van der Waals surface area contributed by atoms with E-state index in [0.717, 1.165) is 23.1 Å². The van der Waals surface area contributed by atoms with Crippen LogP contribution in [0.15, 0.2) is 54.9 Å². The Morgan fingerprint density at radius 3 is 2.74 bits per heavy atom. The monoisotopic (exact) mass is 493 g/mol. The molecule has 0 unspecified atom stereocenters. The van der Waals surface area contributed by atoms with Crippen molar-refractivity contribution in [2.45, 2.75) is 25.9 Å². The largest absolute Gasteiger partial charge is 0.450 e. The van der Waals surface area contributed by atoms with E-state index in [1.54, 1.807) is 18.5 Å². The van der Waals surface area contributed by atoms with Crippen molar-refractivity contribution in [3.05, 3.63) is 71.3 Å². The lowest BCUT2D eigenvalue weighted by molar-refractivity contribution is 0.100. The van der Waals surface area contributed by atoms with Gasteiger partial charge in [-0.3, -0.25) is 4.79 Å². The smallest absolute Gasteiger partial charge is 0.407 e. The molecule has 35 heavy (non-hydrogen) atoms. The molecule has 5 N–H and O–H groups in total. The van der Waals surface area contributed by atoms with Gasteiger partial charge in [-0.05, 0) is 53.3 Å². The Hall–Kier alpha value is -4.18. The Bertz CT molecular complexity index is 1370. The lowest BCUT2D eigenvalue weighted by Gasteiger charge is -2.10. The molecule has 10 nitrogen and oxygen atoms in total. The minimum atomic E-state index is -0.506. The molecule has 0 bridgehead atoms. The summed E-state index contributed by atoms with van der Waals surface area (Å²) in [7, 11) is 0. The van der Waals surface area contributed by atoms with E-state index in [9.17, 15) is 9.59 Å². The summed E-state index contributed by atoms with van der Waals surface area (Å²) in [6.07, 6.45) is 2.52. The molecule has 0 spiro atoms. The maximum Gasteiger partial charge on any atom is 0.407 e. The van der Waals surface area contributed by atoms with Gasteiger partial charge in [-0.2, -0.15) is 9.97 Å². The first-order chi connectivity index (χ1) is 16.9. The number of carbonyl (C=O) groups excluding carboxylic acids is 2. The summed E-state index contributed by atoms with van der Waals surface area (Å²) in [6.45, 7) is 1.17. The van der Waals surface area contributed by atoms with Crippen LogP contribution in [0, 0.1) is 0 Å². The van der Waals surface area contributed by atoms with Crippen LogP contribution in [0.25, 0.3) is 22.3 Å². The van der Waals surface area contributed by atoms with Crippen molar-refractivity contribution in [1.82, 2.24) is 24.8 Å². The van der Waals surface area contributed by atoms with Crippen LogP contribution in [0.4, 0.5) is 10.6 Å². The summed E-state index contributed by atoms with van der Waals surface area (Å²) in [6, 6.07) is 14.7. The fourth-order valence-corrected chi connectivity index (χ4v) is 3.85. The highest BCUT2D eigenvalue weighted by Crippen LogP contribution is 2.24. The first-order valence-corrected chi connectivity index (χ1v) is 11.3. The zero-order chi connectivity index (χ0) is 24.8. The SMILES string of the molecule is NC(=O)c1ccccc1-c1cccc(CNC(=O)OCCCCn2cnc3c(N)nc(Cl)nc32)c1. The number of anilines is 1. The number of nitrogen functional groups attached to an aromatic ring is 1. The molecule has 0 aliphatic heterocycles. The van der Waals surface area contributed by atoms with Crippen molar-refractivity contribution < 1.29 is 14.3 Å². The number of carbonyl (C=O) groups is 2. The zero-order valence-electron chi connectivity index (χ0n) is 18.8. The molecule has 2 amide bonds. The number of aromatic nitrogens is 4.